The molecule has 1 amide bonds. The molecule has 0 aromatic heterocycles. The van der Waals surface area contributed by atoms with Gasteiger partial charge in [-0.3, -0.25) is 4.79 Å². The van der Waals surface area contributed by atoms with E-state index in [-0.39, 0.29) is 52.1 Å². The van der Waals surface area contributed by atoms with Crippen LogP contribution in [0.4, 0.5) is 0 Å². The van der Waals surface area contributed by atoms with Crippen molar-refractivity contribution < 1.29 is 17.9 Å². The quantitative estimate of drug-likeness (QED) is 0.777. The molecule has 1 fully saturated rings. The highest BCUT2D eigenvalue weighted by Gasteiger charge is 2.36. The van der Waals surface area contributed by atoms with Gasteiger partial charge >= 0.3 is 0 Å². The molecular weight excluding hydrogens is 401 g/mol. The monoisotopic (exact) mass is 425 g/mol. The summed E-state index contributed by atoms with van der Waals surface area (Å²) in [7, 11) is 0.592. The van der Waals surface area contributed by atoms with Crippen LogP contribution in [0.25, 0.3) is 0 Å². The van der Waals surface area contributed by atoms with Crippen LogP contribution in [0.3, 0.4) is 0 Å². The van der Waals surface area contributed by atoms with Crippen LogP contribution in [0.5, 0.6) is 5.75 Å². The van der Waals surface area contributed by atoms with Crippen molar-refractivity contribution in [3.05, 3.63) is 22.7 Å². The van der Waals surface area contributed by atoms with Crippen LogP contribution in [0.2, 0.25) is 5.02 Å². The van der Waals surface area contributed by atoms with E-state index in [0.29, 0.717) is 13.0 Å². The SMILES string of the molecule is COc1c(C(=O)N(C)C)cc(Cl)cc1S(=O)(=O)N1CCCCC1CN.Cl. The van der Waals surface area contributed by atoms with Gasteiger partial charge in [0.05, 0.1) is 12.7 Å². The Morgan fingerprint density at radius 3 is 2.58 bits per heavy atom. The van der Waals surface area contributed by atoms with Gasteiger partial charge in [-0.1, -0.05) is 18.0 Å². The maximum absolute atomic E-state index is 13.2. The van der Waals surface area contributed by atoms with Crippen molar-refractivity contribution >= 4 is 39.9 Å². The van der Waals surface area contributed by atoms with E-state index in [1.165, 1.54) is 28.4 Å². The lowest BCUT2D eigenvalue weighted by atomic mass is 10.1. The average Bonchev–Trinajstić information content (AvgIpc) is 2.60. The minimum atomic E-state index is -3.90. The maximum atomic E-state index is 13.2. The van der Waals surface area contributed by atoms with Gasteiger partial charge in [-0.05, 0) is 25.0 Å². The maximum Gasteiger partial charge on any atom is 0.257 e. The van der Waals surface area contributed by atoms with E-state index < -0.39 is 10.0 Å². The first-order chi connectivity index (χ1) is 11.7. The molecule has 1 saturated heterocycles. The second-order valence-electron chi connectivity index (χ2n) is 6.19. The van der Waals surface area contributed by atoms with Gasteiger partial charge in [0.25, 0.3) is 5.91 Å². The molecule has 1 atom stereocenters. The van der Waals surface area contributed by atoms with Crippen LogP contribution in [0, 0.1) is 0 Å². The van der Waals surface area contributed by atoms with Gasteiger partial charge in [0.1, 0.15) is 4.90 Å². The Labute approximate surface area is 165 Å². The highest BCUT2D eigenvalue weighted by atomic mass is 35.5. The molecular formula is C16H25Cl2N3O4S. The number of carbonyl (C=O) groups excluding carboxylic acids is 1. The minimum Gasteiger partial charge on any atom is -0.494 e. The van der Waals surface area contributed by atoms with Crippen LogP contribution in [-0.4, -0.2) is 63.9 Å². The Morgan fingerprint density at radius 1 is 1.38 bits per heavy atom. The van der Waals surface area contributed by atoms with Crippen LogP contribution in [-0.2, 0) is 10.0 Å². The van der Waals surface area contributed by atoms with Gasteiger partial charge in [0.2, 0.25) is 10.0 Å². The molecule has 1 aromatic rings. The van der Waals surface area contributed by atoms with Gasteiger partial charge in [0, 0.05) is 38.2 Å². The number of carbonyl (C=O) groups is 1. The number of piperidine rings is 1. The van der Waals surface area contributed by atoms with E-state index in [1.54, 1.807) is 14.1 Å². The number of hydrogen-bond donors (Lipinski definition) is 1. The molecule has 0 bridgehead atoms. The van der Waals surface area contributed by atoms with Crippen molar-refractivity contribution in [3.63, 3.8) is 0 Å². The Morgan fingerprint density at radius 2 is 2.04 bits per heavy atom. The van der Waals surface area contributed by atoms with Gasteiger partial charge in [-0.15, -0.1) is 12.4 Å². The van der Waals surface area contributed by atoms with Crippen molar-refractivity contribution in [1.29, 1.82) is 0 Å². The van der Waals surface area contributed by atoms with Gasteiger partial charge in [-0.25, -0.2) is 8.42 Å². The number of sulfonamides is 1. The third kappa shape index (κ3) is 4.43. The molecule has 0 spiro atoms. The summed E-state index contributed by atoms with van der Waals surface area (Å²) in [6.45, 7) is 0.627. The molecule has 0 radical (unpaired) electrons. The number of methoxy groups -OCH3 is 1. The fourth-order valence-electron chi connectivity index (χ4n) is 3.02. The predicted molar refractivity (Wildman–Crippen MR) is 104 cm³/mol. The Kier molecular flexibility index (Phi) is 8.16. The number of nitrogens with zero attached hydrogens (tertiary/aromatic N) is 2. The summed E-state index contributed by atoms with van der Waals surface area (Å²) in [5.74, 6) is -0.380. The van der Waals surface area contributed by atoms with E-state index >= 15 is 0 Å². The summed E-state index contributed by atoms with van der Waals surface area (Å²) in [6, 6.07) is 2.47. The van der Waals surface area contributed by atoms with E-state index in [9.17, 15) is 13.2 Å². The largest absolute Gasteiger partial charge is 0.494 e. The fourth-order valence-corrected chi connectivity index (χ4v) is 5.22. The zero-order valence-corrected chi connectivity index (χ0v) is 17.5. The second kappa shape index (κ2) is 9.23. The summed E-state index contributed by atoms with van der Waals surface area (Å²) in [6.07, 6.45) is 2.41. The molecule has 10 heteroatoms. The molecule has 148 valence electrons. The number of nitrogens with two attached hydrogens (primary N) is 1. The van der Waals surface area contributed by atoms with E-state index in [0.717, 1.165) is 12.8 Å². The van der Waals surface area contributed by atoms with E-state index in [2.05, 4.69) is 0 Å². The number of amides is 1. The van der Waals surface area contributed by atoms with Crippen molar-refractivity contribution in [2.24, 2.45) is 5.73 Å². The predicted octanol–water partition coefficient (Wildman–Crippen LogP) is 1.97. The van der Waals surface area contributed by atoms with E-state index in [4.69, 9.17) is 22.1 Å². The van der Waals surface area contributed by atoms with Crippen LogP contribution >= 0.6 is 24.0 Å². The third-order valence-electron chi connectivity index (χ3n) is 4.29. The lowest BCUT2D eigenvalue weighted by Crippen LogP contribution is -2.47. The number of benzene rings is 1. The highest BCUT2D eigenvalue weighted by molar-refractivity contribution is 7.89. The standard InChI is InChI=1S/C16H24ClN3O4S.ClH/c1-19(2)16(21)13-8-11(17)9-14(15(13)24-3)25(22,23)20-7-5-4-6-12(20)10-18;/h8-9,12H,4-7,10,18H2,1-3H3;1H. The fraction of sp³-hybridized carbons (Fsp3) is 0.562. The van der Waals surface area contributed by atoms with Crippen molar-refractivity contribution in [3.8, 4) is 5.75 Å². The molecule has 7 nitrogen and oxygen atoms in total. The van der Waals surface area contributed by atoms with E-state index in [1.807, 2.05) is 0 Å². The lowest BCUT2D eigenvalue weighted by Gasteiger charge is -2.34. The first-order valence-corrected chi connectivity index (χ1v) is 9.87. The number of hydrogen-bond acceptors (Lipinski definition) is 5. The van der Waals surface area contributed by atoms with Gasteiger partial charge < -0.3 is 15.4 Å². The van der Waals surface area contributed by atoms with Crippen molar-refractivity contribution in [2.75, 3.05) is 34.3 Å². The Hall–Kier alpha value is -1.06. The minimum absolute atomic E-state index is 0. The van der Waals surface area contributed by atoms with Crippen molar-refractivity contribution in [1.82, 2.24) is 9.21 Å². The number of ether oxygens (including phenoxy) is 1. The molecule has 1 unspecified atom stereocenters. The normalized spacial score (nSPS) is 18.1. The van der Waals surface area contributed by atoms with Gasteiger partial charge in [-0.2, -0.15) is 4.31 Å². The summed E-state index contributed by atoms with van der Waals surface area (Å²) in [5, 5.41) is 0.158. The first-order valence-electron chi connectivity index (χ1n) is 8.05. The lowest BCUT2D eigenvalue weighted by molar-refractivity contribution is 0.0823. The zero-order chi connectivity index (χ0) is 18.8. The van der Waals surface area contributed by atoms with Crippen LogP contribution < -0.4 is 10.5 Å². The second-order valence-corrected chi connectivity index (χ2v) is 8.48. The number of rotatable bonds is 5. The molecule has 26 heavy (non-hydrogen) atoms. The summed E-state index contributed by atoms with van der Waals surface area (Å²) in [5.41, 5.74) is 5.87. The first kappa shape index (κ1) is 23.0. The molecule has 2 N–H and O–H groups in total. The molecule has 1 aliphatic rings. The van der Waals surface area contributed by atoms with Gasteiger partial charge in [0.15, 0.2) is 5.75 Å². The topological polar surface area (TPSA) is 92.9 Å². The zero-order valence-electron chi connectivity index (χ0n) is 15.1. The molecule has 1 aromatic carbocycles. The summed E-state index contributed by atoms with van der Waals surface area (Å²) < 4.78 is 33.2. The molecule has 1 heterocycles. The highest BCUT2D eigenvalue weighted by Crippen LogP contribution is 2.36. The summed E-state index contributed by atoms with van der Waals surface area (Å²) in [4.78, 5) is 13.6. The molecule has 1 aliphatic heterocycles. The van der Waals surface area contributed by atoms with Crippen LogP contribution in [0.15, 0.2) is 17.0 Å². The molecule has 2 rings (SSSR count). The van der Waals surface area contributed by atoms with Crippen molar-refractivity contribution in [2.45, 2.75) is 30.2 Å². The Bertz CT molecular complexity index is 756. The number of halogens is 2. The Balaban J connectivity index is 0.00000338. The third-order valence-corrected chi connectivity index (χ3v) is 6.47. The van der Waals surface area contributed by atoms with Crippen LogP contribution in [0.1, 0.15) is 29.6 Å². The summed E-state index contributed by atoms with van der Waals surface area (Å²) >= 11 is 6.11. The smallest absolute Gasteiger partial charge is 0.257 e. The molecule has 0 aliphatic carbocycles. The molecule has 0 saturated carbocycles. The average molecular weight is 426 g/mol.